The molecule has 1 fully saturated rings. The number of nitrogens with one attached hydrogen (secondary N) is 2. The van der Waals surface area contributed by atoms with Crippen LogP contribution in [0.2, 0.25) is 0 Å². The van der Waals surface area contributed by atoms with Gasteiger partial charge in [0.15, 0.2) is 5.82 Å². The topological polar surface area (TPSA) is 95.9 Å². The third kappa shape index (κ3) is 5.51. The zero-order valence-corrected chi connectivity index (χ0v) is 15.9. The molecule has 3 N–H and O–H groups in total. The molecule has 152 valence electrons. The summed E-state index contributed by atoms with van der Waals surface area (Å²) in [4.78, 5) is 16.4. The van der Waals surface area contributed by atoms with Crippen LogP contribution in [0.5, 0.6) is 0 Å². The molecule has 7 nitrogen and oxygen atoms in total. The summed E-state index contributed by atoms with van der Waals surface area (Å²) in [7, 11) is 0. The van der Waals surface area contributed by atoms with Gasteiger partial charge in [-0.15, -0.1) is 0 Å². The summed E-state index contributed by atoms with van der Waals surface area (Å²) in [6, 6.07) is 3.70. The van der Waals surface area contributed by atoms with Crippen LogP contribution in [0.15, 0.2) is 18.2 Å². The Balaban J connectivity index is 1.94. The predicted octanol–water partition coefficient (Wildman–Crippen LogP) is 3.35. The summed E-state index contributed by atoms with van der Waals surface area (Å²) in [5, 5.41) is 16.0. The Hall–Kier alpha value is -2.49. The average molecular weight is 396 g/mol. The third-order valence-corrected chi connectivity index (χ3v) is 4.27. The number of rotatable bonds is 7. The maximum atomic E-state index is 13.0. The number of pyridine rings is 1. The number of aromatic nitrogens is 4. The minimum absolute atomic E-state index is 0.00865. The van der Waals surface area contributed by atoms with Gasteiger partial charge in [0.2, 0.25) is 11.9 Å². The second-order valence-corrected chi connectivity index (χ2v) is 7.65. The van der Waals surface area contributed by atoms with Gasteiger partial charge in [0, 0.05) is 12.6 Å². The highest BCUT2D eigenvalue weighted by Crippen LogP contribution is 2.34. The minimum Gasteiger partial charge on any atom is -0.389 e. The van der Waals surface area contributed by atoms with Crippen LogP contribution in [-0.4, -0.2) is 43.2 Å². The molecule has 28 heavy (non-hydrogen) atoms. The maximum Gasteiger partial charge on any atom is 0.433 e. The number of nitrogens with zero attached hydrogens (tertiary/aromatic N) is 4. The second-order valence-electron chi connectivity index (χ2n) is 7.65. The van der Waals surface area contributed by atoms with Gasteiger partial charge in [-0.1, -0.05) is 6.07 Å². The summed E-state index contributed by atoms with van der Waals surface area (Å²) in [5.41, 5.74) is -2.04. The van der Waals surface area contributed by atoms with Crippen molar-refractivity contribution in [3.05, 3.63) is 23.9 Å². The fourth-order valence-corrected chi connectivity index (χ4v) is 2.56. The quantitative estimate of drug-likeness (QED) is 0.660. The van der Waals surface area contributed by atoms with Crippen molar-refractivity contribution in [1.29, 1.82) is 0 Å². The van der Waals surface area contributed by atoms with Crippen molar-refractivity contribution in [2.24, 2.45) is 5.92 Å². The Morgan fingerprint density at radius 2 is 1.79 bits per heavy atom. The first-order valence-electron chi connectivity index (χ1n) is 9.05. The molecule has 0 saturated heterocycles. The first-order valence-corrected chi connectivity index (χ1v) is 9.05. The van der Waals surface area contributed by atoms with E-state index >= 15 is 0 Å². The van der Waals surface area contributed by atoms with Gasteiger partial charge < -0.3 is 15.7 Å². The highest BCUT2D eigenvalue weighted by Gasteiger charge is 2.33. The molecule has 1 saturated carbocycles. The molecule has 2 heterocycles. The molecule has 1 aliphatic carbocycles. The van der Waals surface area contributed by atoms with E-state index in [4.69, 9.17) is 0 Å². The molecule has 0 amide bonds. The summed E-state index contributed by atoms with van der Waals surface area (Å²) in [6.45, 7) is 5.40. The molecular weight excluding hydrogens is 373 g/mol. The standard InChI is InChI=1S/C18H23F3N6O/c1-10(11-7-8-11)23-16-26-14(25-15(27-16)22-9-17(2,3)28)12-5-4-6-13(24-12)18(19,20)21/h4-6,10-11,28H,7-9H2,1-3H3,(H2,22,23,25,26,27). The minimum atomic E-state index is -4.56. The molecule has 10 heteroatoms. The largest absolute Gasteiger partial charge is 0.433 e. The molecule has 1 atom stereocenters. The average Bonchev–Trinajstić information content (AvgIpc) is 3.44. The van der Waals surface area contributed by atoms with Crippen molar-refractivity contribution in [2.75, 3.05) is 17.2 Å². The summed E-state index contributed by atoms with van der Waals surface area (Å²) in [5.74, 6) is 0.947. The van der Waals surface area contributed by atoms with E-state index in [1.807, 2.05) is 6.92 Å². The van der Waals surface area contributed by atoms with Crippen molar-refractivity contribution in [2.45, 2.75) is 51.4 Å². The van der Waals surface area contributed by atoms with Crippen LogP contribution in [0, 0.1) is 5.92 Å². The second kappa shape index (κ2) is 7.50. The lowest BCUT2D eigenvalue weighted by Crippen LogP contribution is -2.30. The molecule has 0 aliphatic heterocycles. The van der Waals surface area contributed by atoms with Crippen LogP contribution >= 0.6 is 0 Å². The van der Waals surface area contributed by atoms with Crippen LogP contribution in [0.3, 0.4) is 0 Å². The zero-order chi connectivity index (χ0) is 20.5. The van der Waals surface area contributed by atoms with Gasteiger partial charge in [-0.3, -0.25) is 0 Å². The van der Waals surface area contributed by atoms with Crippen molar-refractivity contribution in [1.82, 2.24) is 19.9 Å². The smallest absolute Gasteiger partial charge is 0.389 e. The molecule has 2 aromatic heterocycles. The predicted molar refractivity (Wildman–Crippen MR) is 98.7 cm³/mol. The van der Waals surface area contributed by atoms with E-state index in [1.54, 1.807) is 13.8 Å². The lowest BCUT2D eigenvalue weighted by atomic mass is 10.1. The SMILES string of the molecule is CC(Nc1nc(NCC(C)(C)O)nc(-c2cccc(C(F)(F)F)n2)n1)C1CC1. The van der Waals surface area contributed by atoms with E-state index in [-0.39, 0.29) is 36.0 Å². The Morgan fingerprint density at radius 1 is 1.11 bits per heavy atom. The lowest BCUT2D eigenvalue weighted by Gasteiger charge is -2.19. The van der Waals surface area contributed by atoms with E-state index < -0.39 is 17.5 Å². The van der Waals surface area contributed by atoms with Crippen LogP contribution in [0.4, 0.5) is 25.1 Å². The number of hydrogen-bond acceptors (Lipinski definition) is 7. The first-order chi connectivity index (χ1) is 13.0. The summed E-state index contributed by atoms with van der Waals surface area (Å²) in [6.07, 6.45) is -2.33. The Kier molecular flexibility index (Phi) is 5.42. The molecule has 0 spiro atoms. The fourth-order valence-electron chi connectivity index (χ4n) is 2.56. The van der Waals surface area contributed by atoms with Crippen LogP contribution in [-0.2, 0) is 6.18 Å². The lowest BCUT2D eigenvalue weighted by molar-refractivity contribution is -0.141. The number of halogens is 3. The van der Waals surface area contributed by atoms with Gasteiger partial charge in [-0.25, -0.2) is 4.98 Å². The Bertz CT molecular complexity index is 833. The molecule has 0 aromatic carbocycles. The van der Waals surface area contributed by atoms with E-state index in [9.17, 15) is 18.3 Å². The van der Waals surface area contributed by atoms with Crippen LogP contribution < -0.4 is 10.6 Å². The van der Waals surface area contributed by atoms with Crippen molar-refractivity contribution in [3.63, 3.8) is 0 Å². The highest BCUT2D eigenvalue weighted by molar-refractivity contribution is 5.54. The van der Waals surface area contributed by atoms with Gasteiger partial charge >= 0.3 is 6.18 Å². The number of alkyl halides is 3. The van der Waals surface area contributed by atoms with Crippen molar-refractivity contribution in [3.8, 4) is 11.5 Å². The van der Waals surface area contributed by atoms with Gasteiger partial charge in [0.05, 0.1) is 5.60 Å². The summed E-state index contributed by atoms with van der Waals surface area (Å²) >= 11 is 0. The zero-order valence-electron chi connectivity index (χ0n) is 15.9. The maximum absolute atomic E-state index is 13.0. The fraction of sp³-hybridized carbons (Fsp3) is 0.556. The third-order valence-electron chi connectivity index (χ3n) is 4.27. The molecule has 1 aliphatic rings. The van der Waals surface area contributed by atoms with Crippen LogP contribution in [0.1, 0.15) is 39.3 Å². The molecule has 2 aromatic rings. The highest BCUT2D eigenvalue weighted by atomic mass is 19.4. The normalized spacial score (nSPS) is 16.0. The monoisotopic (exact) mass is 396 g/mol. The van der Waals surface area contributed by atoms with Gasteiger partial charge in [0.1, 0.15) is 11.4 Å². The molecule has 3 rings (SSSR count). The first kappa shape index (κ1) is 20.2. The Morgan fingerprint density at radius 3 is 2.39 bits per heavy atom. The number of anilines is 2. The van der Waals surface area contributed by atoms with Crippen LogP contribution in [0.25, 0.3) is 11.5 Å². The number of hydrogen-bond donors (Lipinski definition) is 3. The van der Waals surface area contributed by atoms with Gasteiger partial charge in [0.25, 0.3) is 0 Å². The molecule has 0 radical (unpaired) electrons. The Labute approximate surface area is 160 Å². The molecule has 0 bridgehead atoms. The van der Waals surface area contributed by atoms with E-state index in [0.29, 0.717) is 5.92 Å². The summed E-state index contributed by atoms with van der Waals surface area (Å²) < 4.78 is 39.0. The molecular formula is C18H23F3N6O. The molecule has 1 unspecified atom stereocenters. The number of aliphatic hydroxyl groups is 1. The van der Waals surface area contributed by atoms with Gasteiger partial charge in [-0.05, 0) is 51.7 Å². The van der Waals surface area contributed by atoms with E-state index in [0.717, 1.165) is 18.9 Å². The van der Waals surface area contributed by atoms with Crippen molar-refractivity contribution >= 4 is 11.9 Å². The van der Waals surface area contributed by atoms with Gasteiger partial charge in [-0.2, -0.15) is 28.1 Å². The van der Waals surface area contributed by atoms with E-state index in [2.05, 4.69) is 30.6 Å². The van der Waals surface area contributed by atoms with Crippen molar-refractivity contribution < 1.29 is 18.3 Å². The van der Waals surface area contributed by atoms with E-state index in [1.165, 1.54) is 12.1 Å².